The Hall–Kier alpha value is -3.54. The summed E-state index contributed by atoms with van der Waals surface area (Å²) in [7, 11) is 0. The van der Waals surface area contributed by atoms with Crippen LogP contribution in [0.3, 0.4) is 0 Å². The van der Waals surface area contributed by atoms with E-state index in [1.54, 1.807) is 0 Å². The first kappa shape index (κ1) is 30.5. The molecule has 0 radical (unpaired) electrons. The van der Waals surface area contributed by atoms with Crippen molar-refractivity contribution in [1.29, 1.82) is 0 Å². The third kappa shape index (κ3) is 4.42. The van der Waals surface area contributed by atoms with Gasteiger partial charge in [0.1, 0.15) is 0 Å². The molecule has 228 valence electrons. The van der Waals surface area contributed by atoms with Crippen molar-refractivity contribution in [3.8, 4) is 22.3 Å². The average molecular weight is 587 g/mol. The van der Waals surface area contributed by atoms with Crippen LogP contribution in [0, 0.1) is 6.92 Å². The number of benzene rings is 5. The zero-order valence-electron chi connectivity index (χ0n) is 27.9. The largest absolute Gasteiger partial charge is 0.313 e. The summed E-state index contributed by atoms with van der Waals surface area (Å²) in [4.78, 5) is 0. The number of hydroxylamine groups is 4. The molecule has 5 aromatic carbocycles. The monoisotopic (exact) mass is 586 g/mol. The predicted molar refractivity (Wildman–Crippen MR) is 183 cm³/mol. The van der Waals surface area contributed by atoms with Crippen LogP contribution < -0.4 is 0 Å². The van der Waals surface area contributed by atoms with Gasteiger partial charge in [-0.1, -0.05) is 78.9 Å². The van der Waals surface area contributed by atoms with E-state index in [9.17, 15) is 10.4 Å². The van der Waals surface area contributed by atoms with E-state index in [0.717, 1.165) is 33.4 Å². The predicted octanol–water partition coefficient (Wildman–Crippen LogP) is 10.5. The van der Waals surface area contributed by atoms with Gasteiger partial charge in [0, 0.05) is 5.54 Å². The summed E-state index contributed by atoms with van der Waals surface area (Å²) in [5.41, 5.74) is 7.37. The van der Waals surface area contributed by atoms with Crippen molar-refractivity contribution in [2.75, 3.05) is 0 Å². The minimum Gasteiger partial charge on any atom is -0.313 e. The van der Waals surface area contributed by atoms with E-state index in [1.807, 2.05) is 20.8 Å². The molecule has 1 aliphatic heterocycles. The quantitative estimate of drug-likeness (QED) is 0.162. The summed E-state index contributed by atoms with van der Waals surface area (Å²) in [6.45, 7) is 20.7. The van der Waals surface area contributed by atoms with E-state index >= 15 is 0 Å². The van der Waals surface area contributed by atoms with Gasteiger partial charge in [0.25, 0.3) is 0 Å². The van der Waals surface area contributed by atoms with Crippen molar-refractivity contribution >= 4 is 21.5 Å². The molecule has 0 atom stereocenters. The van der Waals surface area contributed by atoms with Gasteiger partial charge in [0.15, 0.2) is 0 Å². The fourth-order valence-electron chi connectivity index (χ4n) is 7.88. The van der Waals surface area contributed by atoms with Crippen molar-refractivity contribution in [2.24, 2.45) is 0 Å². The number of nitrogens with zero attached hydrogens (tertiary/aromatic N) is 2. The smallest absolute Gasteiger partial charge is 0.0666 e. The molecule has 0 spiro atoms. The first-order chi connectivity index (χ1) is 20.5. The van der Waals surface area contributed by atoms with E-state index in [1.165, 1.54) is 42.8 Å². The summed E-state index contributed by atoms with van der Waals surface area (Å²) in [6.07, 6.45) is 0. The number of aryl methyl sites for hydroxylation is 1. The molecule has 2 N–H and O–H groups in total. The molecule has 1 heterocycles. The van der Waals surface area contributed by atoms with E-state index in [0.29, 0.717) is 0 Å². The SMILES string of the molecule is Cc1cc(-c2c3ccccc3c(-c3ccc4c(c3)C(C)(C)N(O)C4(C)C)c3ccccc23)ccc1C(C)(C)N(O)C(C)(C)C. The zero-order chi connectivity index (χ0) is 32.0. The first-order valence-electron chi connectivity index (χ1n) is 15.7. The molecule has 0 saturated carbocycles. The van der Waals surface area contributed by atoms with Crippen LogP contribution in [0.15, 0.2) is 84.9 Å². The Morgan fingerprint density at radius 3 is 1.50 bits per heavy atom. The second-order valence-corrected chi connectivity index (χ2v) is 15.1. The van der Waals surface area contributed by atoms with Crippen LogP contribution in [0.5, 0.6) is 0 Å². The number of rotatable bonds is 4. The number of hydrogen-bond donors (Lipinski definition) is 2. The highest BCUT2D eigenvalue weighted by molar-refractivity contribution is 6.21. The lowest BCUT2D eigenvalue weighted by molar-refractivity contribution is -0.222. The van der Waals surface area contributed by atoms with Crippen molar-refractivity contribution in [3.05, 3.63) is 107 Å². The van der Waals surface area contributed by atoms with Gasteiger partial charge < -0.3 is 10.4 Å². The molecule has 6 rings (SSSR count). The molecule has 44 heavy (non-hydrogen) atoms. The Labute approximate surface area is 262 Å². The molecular formula is C40H46N2O2. The summed E-state index contributed by atoms with van der Waals surface area (Å²) in [6, 6.07) is 30.8. The lowest BCUT2D eigenvalue weighted by Crippen LogP contribution is -2.50. The summed E-state index contributed by atoms with van der Waals surface area (Å²) >= 11 is 0. The fourth-order valence-corrected chi connectivity index (χ4v) is 7.88. The molecule has 0 aromatic heterocycles. The maximum absolute atomic E-state index is 11.2. The summed E-state index contributed by atoms with van der Waals surface area (Å²) in [5.74, 6) is 0. The molecule has 4 nitrogen and oxygen atoms in total. The second kappa shape index (κ2) is 9.98. The molecule has 1 aliphatic rings. The van der Waals surface area contributed by atoms with Crippen molar-refractivity contribution in [1.82, 2.24) is 10.1 Å². The minimum absolute atomic E-state index is 0.394. The summed E-state index contributed by atoms with van der Waals surface area (Å²) in [5, 5.41) is 30.1. The van der Waals surface area contributed by atoms with Crippen LogP contribution in [-0.4, -0.2) is 26.1 Å². The fraction of sp³-hybridized carbons (Fsp3) is 0.350. The Morgan fingerprint density at radius 2 is 1.05 bits per heavy atom. The molecule has 5 aromatic rings. The van der Waals surface area contributed by atoms with Crippen LogP contribution in [-0.2, 0) is 16.6 Å². The van der Waals surface area contributed by atoms with E-state index in [4.69, 9.17) is 0 Å². The van der Waals surface area contributed by atoms with Crippen molar-refractivity contribution in [3.63, 3.8) is 0 Å². The first-order valence-corrected chi connectivity index (χ1v) is 15.7. The Bertz CT molecular complexity index is 1870. The highest BCUT2D eigenvalue weighted by Gasteiger charge is 2.49. The number of fused-ring (bicyclic) bond motifs is 3. The topological polar surface area (TPSA) is 46.9 Å². The third-order valence-corrected chi connectivity index (χ3v) is 9.96. The normalized spacial score (nSPS) is 16.7. The summed E-state index contributed by atoms with van der Waals surface area (Å²) < 4.78 is 0. The van der Waals surface area contributed by atoms with Gasteiger partial charge >= 0.3 is 0 Å². The van der Waals surface area contributed by atoms with Gasteiger partial charge in [0.2, 0.25) is 0 Å². The van der Waals surface area contributed by atoms with Crippen LogP contribution >= 0.6 is 0 Å². The lowest BCUT2D eigenvalue weighted by atomic mass is 9.82. The lowest BCUT2D eigenvalue weighted by Gasteiger charge is -2.43. The van der Waals surface area contributed by atoms with Crippen LogP contribution in [0.2, 0.25) is 0 Å². The standard InChI is InChI=1S/C40H46N2O2/c1-25-23-26(19-21-32(25)38(5,6)41(43)37(2,3)4)35-28-15-11-13-17-30(28)36(31-18-14-12-16-29(31)35)27-20-22-33-34(24-27)40(9,10)42(44)39(33,7)8/h11-24,43-44H,1-10H3. The molecule has 0 unspecified atom stereocenters. The van der Waals surface area contributed by atoms with Gasteiger partial charge in [-0.25, -0.2) is 0 Å². The molecule has 4 heteroatoms. The van der Waals surface area contributed by atoms with E-state index in [2.05, 4.69) is 133 Å². The maximum atomic E-state index is 11.2. The van der Waals surface area contributed by atoms with Gasteiger partial charge in [-0.15, -0.1) is 0 Å². The van der Waals surface area contributed by atoms with Crippen molar-refractivity contribution in [2.45, 2.75) is 91.4 Å². The van der Waals surface area contributed by atoms with Gasteiger partial charge in [-0.3, -0.25) is 0 Å². The van der Waals surface area contributed by atoms with Gasteiger partial charge in [0.05, 0.1) is 16.6 Å². The molecule has 0 saturated heterocycles. The van der Waals surface area contributed by atoms with Crippen LogP contribution in [0.25, 0.3) is 43.8 Å². The highest BCUT2D eigenvalue weighted by Crippen LogP contribution is 2.51. The Morgan fingerprint density at radius 1 is 0.614 bits per heavy atom. The molecule has 0 bridgehead atoms. The van der Waals surface area contributed by atoms with E-state index in [-0.39, 0.29) is 0 Å². The minimum atomic E-state index is -0.561. The third-order valence-electron chi connectivity index (χ3n) is 9.96. The number of hydrogen-bond acceptors (Lipinski definition) is 4. The molecular weight excluding hydrogens is 540 g/mol. The molecule has 0 aliphatic carbocycles. The van der Waals surface area contributed by atoms with Gasteiger partial charge in [-0.05, 0) is 141 Å². The van der Waals surface area contributed by atoms with Crippen LogP contribution in [0.1, 0.15) is 84.6 Å². The average Bonchev–Trinajstić information content (AvgIpc) is 3.10. The maximum Gasteiger partial charge on any atom is 0.0666 e. The second-order valence-electron chi connectivity index (χ2n) is 15.1. The van der Waals surface area contributed by atoms with E-state index < -0.39 is 22.2 Å². The molecule has 0 fully saturated rings. The highest BCUT2D eigenvalue weighted by atomic mass is 16.5. The van der Waals surface area contributed by atoms with Crippen LogP contribution in [0.4, 0.5) is 0 Å². The molecule has 0 amide bonds. The van der Waals surface area contributed by atoms with Crippen molar-refractivity contribution < 1.29 is 10.4 Å². The zero-order valence-corrected chi connectivity index (χ0v) is 27.9. The Balaban J connectivity index is 1.60. The van der Waals surface area contributed by atoms with Gasteiger partial charge in [-0.2, -0.15) is 10.1 Å². The Kier molecular flexibility index (Phi) is 6.92.